The summed E-state index contributed by atoms with van der Waals surface area (Å²) in [5.74, 6) is -1.01. The fourth-order valence-corrected chi connectivity index (χ4v) is 1.79. The summed E-state index contributed by atoms with van der Waals surface area (Å²) in [5.41, 5.74) is 8.63. The maximum absolute atomic E-state index is 11.2. The first-order valence-corrected chi connectivity index (χ1v) is 6.24. The Morgan fingerprint density at radius 3 is 2.79 bits per heavy atom. The van der Waals surface area contributed by atoms with Crippen LogP contribution >= 0.6 is 23.2 Å². The van der Waals surface area contributed by atoms with Crippen molar-refractivity contribution in [3.63, 3.8) is 0 Å². The molecule has 0 saturated heterocycles. The van der Waals surface area contributed by atoms with Crippen LogP contribution in [0.2, 0.25) is 10.0 Å². The van der Waals surface area contributed by atoms with E-state index in [1.165, 1.54) is 6.07 Å². The van der Waals surface area contributed by atoms with Gasteiger partial charge in [0.25, 0.3) is 0 Å². The number of carbonyl (C=O) groups is 1. The third-order valence-corrected chi connectivity index (χ3v) is 3.11. The average Bonchev–Trinajstić information content (AvgIpc) is 2.37. The number of benzene rings is 1. The Morgan fingerprint density at radius 2 is 2.21 bits per heavy atom. The van der Waals surface area contributed by atoms with Crippen molar-refractivity contribution in [2.45, 2.75) is 12.5 Å². The predicted octanol–water partition coefficient (Wildman–Crippen LogP) is 3.41. The SMILES string of the molecule is [N-]=[N+]=NCCCNC(C(=O)O)c1ccc(Cl)c(Cl)c1. The molecule has 0 fully saturated rings. The van der Waals surface area contributed by atoms with Crippen LogP contribution in [-0.2, 0) is 4.79 Å². The van der Waals surface area contributed by atoms with Gasteiger partial charge in [0.1, 0.15) is 6.04 Å². The zero-order chi connectivity index (χ0) is 14.3. The van der Waals surface area contributed by atoms with Crippen LogP contribution in [0.1, 0.15) is 18.0 Å². The molecule has 1 aromatic rings. The molecule has 0 spiro atoms. The molecule has 0 aliphatic rings. The number of nitrogens with zero attached hydrogens (tertiary/aromatic N) is 3. The third kappa shape index (κ3) is 4.96. The van der Waals surface area contributed by atoms with Gasteiger partial charge >= 0.3 is 5.97 Å². The van der Waals surface area contributed by atoms with E-state index in [2.05, 4.69) is 15.3 Å². The van der Waals surface area contributed by atoms with Crippen molar-refractivity contribution in [1.29, 1.82) is 0 Å². The van der Waals surface area contributed by atoms with Crippen molar-refractivity contribution < 1.29 is 9.90 Å². The van der Waals surface area contributed by atoms with Gasteiger partial charge in [-0.05, 0) is 36.2 Å². The van der Waals surface area contributed by atoms with Gasteiger partial charge < -0.3 is 10.4 Å². The van der Waals surface area contributed by atoms with E-state index in [0.717, 1.165) is 0 Å². The van der Waals surface area contributed by atoms with Crippen LogP contribution in [0.4, 0.5) is 0 Å². The van der Waals surface area contributed by atoms with Gasteiger partial charge in [-0.15, -0.1) is 0 Å². The van der Waals surface area contributed by atoms with Crippen molar-refractivity contribution in [3.05, 3.63) is 44.3 Å². The maximum atomic E-state index is 11.2. The molecule has 0 aromatic heterocycles. The van der Waals surface area contributed by atoms with Gasteiger partial charge in [0.05, 0.1) is 10.0 Å². The van der Waals surface area contributed by atoms with Crippen molar-refractivity contribution >= 4 is 29.2 Å². The molecule has 0 aliphatic heterocycles. The molecular weight excluding hydrogens is 291 g/mol. The number of hydrogen-bond donors (Lipinski definition) is 2. The standard InChI is InChI=1S/C11H12Cl2N4O2/c12-8-3-2-7(6-9(8)13)10(11(18)19)15-4-1-5-16-17-14/h2-3,6,10,15H,1,4-5H2,(H,18,19). The van der Waals surface area contributed by atoms with Crippen LogP contribution < -0.4 is 5.32 Å². The van der Waals surface area contributed by atoms with Crippen molar-refractivity contribution in [2.24, 2.45) is 5.11 Å². The van der Waals surface area contributed by atoms with E-state index in [-0.39, 0.29) is 0 Å². The van der Waals surface area contributed by atoms with Crippen molar-refractivity contribution in [1.82, 2.24) is 5.32 Å². The minimum atomic E-state index is -1.01. The van der Waals surface area contributed by atoms with E-state index in [0.29, 0.717) is 35.1 Å². The topological polar surface area (TPSA) is 98.1 Å². The van der Waals surface area contributed by atoms with Crippen LogP contribution in [0.3, 0.4) is 0 Å². The summed E-state index contributed by atoms with van der Waals surface area (Å²) in [6, 6.07) is 3.80. The molecule has 0 radical (unpaired) electrons. The van der Waals surface area contributed by atoms with Gasteiger partial charge in [0, 0.05) is 11.5 Å². The normalized spacial score (nSPS) is 11.7. The lowest BCUT2D eigenvalue weighted by atomic mass is 10.1. The quantitative estimate of drug-likeness (QED) is 0.349. The Bertz CT molecular complexity index is 503. The van der Waals surface area contributed by atoms with Crippen molar-refractivity contribution in [3.8, 4) is 0 Å². The minimum Gasteiger partial charge on any atom is -0.480 e. The molecule has 0 bridgehead atoms. The van der Waals surface area contributed by atoms with Gasteiger partial charge in [0.2, 0.25) is 0 Å². The Morgan fingerprint density at radius 1 is 1.47 bits per heavy atom. The number of azide groups is 1. The monoisotopic (exact) mass is 302 g/mol. The molecule has 0 heterocycles. The predicted molar refractivity (Wildman–Crippen MR) is 73.5 cm³/mol. The lowest BCUT2D eigenvalue weighted by Gasteiger charge is -2.15. The molecule has 19 heavy (non-hydrogen) atoms. The summed E-state index contributed by atoms with van der Waals surface area (Å²) in [4.78, 5) is 13.8. The fourth-order valence-electron chi connectivity index (χ4n) is 1.48. The molecule has 8 heteroatoms. The second-order valence-corrected chi connectivity index (χ2v) is 4.52. The van der Waals surface area contributed by atoms with E-state index in [1.54, 1.807) is 12.1 Å². The Hall–Kier alpha value is -1.46. The molecular formula is C11H12Cl2N4O2. The van der Waals surface area contributed by atoms with Crippen molar-refractivity contribution in [2.75, 3.05) is 13.1 Å². The molecule has 2 N–H and O–H groups in total. The van der Waals surface area contributed by atoms with Gasteiger partial charge in [0.15, 0.2) is 0 Å². The largest absolute Gasteiger partial charge is 0.480 e. The summed E-state index contributed by atoms with van der Waals surface area (Å²) < 4.78 is 0. The van der Waals surface area contributed by atoms with Crippen LogP contribution in [0.25, 0.3) is 10.4 Å². The van der Waals surface area contributed by atoms with Gasteiger partial charge in [-0.1, -0.05) is 34.4 Å². The first-order chi connectivity index (χ1) is 9.06. The van der Waals surface area contributed by atoms with Crippen LogP contribution in [0, 0.1) is 0 Å². The number of carboxylic acid groups (broad SMARTS) is 1. The fraction of sp³-hybridized carbons (Fsp3) is 0.364. The summed E-state index contributed by atoms with van der Waals surface area (Å²) in [6.07, 6.45) is 0.551. The Kier molecular flexibility index (Phi) is 6.45. The number of rotatable bonds is 7. The van der Waals surface area contributed by atoms with Gasteiger partial charge in [-0.2, -0.15) is 0 Å². The smallest absolute Gasteiger partial charge is 0.325 e. The third-order valence-electron chi connectivity index (χ3n) is 2.37. The lowest BCUT2D eigenvalue weighted by Crippen LogP contribution is -2.29. The molecule has 0 aliphatic carbocycles. The number of nitrogens with one attached hydrogen (secondary N) is 1. The lowest BCUT2D eigenvalue weighted by molar-refractivity contribution is -0.139. The van der Waals surface area contributed by atoms with Crippen LogP contribution in [-0.4, -0.2) is 24.2 Å². The maximum Gasteiger partial charge on any atom is 0.325 e. The summed E-state index contributed by atoms with van der Waals surface area (Å²) >= 11 is 11.6. The first kappa shape index (κ1) is 15.6. The molecule has 1 unspecified atom stereocenters. The van der Waals surface area contributed by atoms with E-state index < -0.39 is 12.0 Å². The number of carboxylic acids is 1. The molecule has 0 saturated carbocycles. The number of hydrogen-bond acceptors (Lipinski definition) is 3. The zero-order valence-corrected chi connectivity index (χ0v) is 11.4. The number of aliphatic carboxylic acids is 1. The highest BCUT2D eigenvalue weighted by atomic mass is 35.5. The molecule has 102 valence electrons. The summed E-state index contributed by atoms with van der Waals surface area (Å²) in [5, 5.41) is 16.1. The molecule has 6 nitrogen and oxygen atoms in total. The second-order valence-electron chi connectivity index (χ2n) is 3.71. The Balaban J connectivity index is 2.69. The van der Waals surface area contributed by atoms with E-state index >= 15 is 0 Å². The van der Waals surface area contributed by atoms with Gasteiger partial charge in [-0.25, -0.2) is 0 Å². The Labute approximate surface area is 120 Å². The van der Waals surface area contributed by atoms with E-state index in [9.17, 15) is 4.79 Å². The van der Waals surface area contributed by atoms with Gasteiger partial charge in [-0.3, -0.25) is 4.79 Å². The molecule has 1 rings (SSSR count). The minimum absolute atomic E-state index is 0.307. The average molecular weight is 303 g/mol. The molecule has 1 atom stereocenters. The number of halogens is 2. The summed E-state index contributed by atoms with van der Waals surface area (Å²) in [6.45, 7) is 0.730. The van der Waals surface area contributed by atoms with Crippen LogP contribution in [0.5, 0.6) is 0 Å². The second kappa shape index (κ2) is 7.86. The molecule has 0 amide bonds. The zero-order valence-electron chi connectivity index (χ0n) is 9.88. The summed E-state index contributed by atoms with van der Waals surface area (Å²) in [7, 11) is 0. The molecule has 1 aromatic carbocycles. The van der Waals surface area contributed by atoms with Crippen LogP contribution in [0.15, 0.2) is 23.3 Å². The highest BCUT2D eigenvalue weighted by molar-refractivity contribution is 6.42. The highest BCUT2D eigenvalue weighted by Crippen LogP contribution is 2.25. The highest BCUT2D eigenvalue weighted by Gasteiger charge is 2.19. The van der Waals surface area contributed by atoms with E-state index in [4.69, 9.17) is 33.8 Å². The first-order valence-electron chi connectivity index (χ1n) is 5.48. The van der Waals surface area contributed by atoms with E-state index in [1.807, 2.05) is 0 Å².